The number of nitrogens with zero attached hydrogens (tertiary/aromatic N) is 3. The molecule has 1 aliphatic heterocycles. The molecule has 3 rings (SSSR count). The first kappa shape index (κ1) is 21.2. The van der Waals surface area contributed by atoms with E-state index in [-0.39, 0.29) is 11.9 Å². The van der Waals surface area contributed by atoms with Crippen molar-refractivity contribution >= 4 is 43.5 Å². The van der Waals surface area contributed by atoms with E-state index in [4.69, 9.17) is 5.10 Å². The predicted molar refractivity (Wildman–Crippen MR) is 121 cm³/mol. The highest BCUT2D eigenvalue weighted by atomic mass is 79.9. The highest BCUT2D eigenvalue weighted by Crippen LogP contribution is 2.34. The van der Waals surface area contributed by atoms with Crippen molar-refractivity contribution in [1.82, 2.24) is 9.91 Å². The second kappa shape index (κ2) is 9.81. The molecule has 0 fully saturated rings. The van der Waals surface area contributed by atoms with Crippen LogP contribution in [0.4, 0.5) is 0 Å². The van der Waals surface area contributed by atoms with Gasteiger partial charge in [0.25, 0.3) is 0 Å². The smallest absolute Gasteiger partial charge is 0.244 e. The number of hydrogen-bond donors (Lipinski definition) is 0. The van der Waals surface area contributed by atoms with E-state index in [1.807, 2.05) is 30.3 Å². The Bertz CT molecular complexity index is 864. The third kappa shape index (κ3) is 5.10. The van der Waals surface area contributed by atoms with E-state index in [2.05, 4.69) is 68.8 Å². The van der Waals surface area contributed by atoms with Crippen molar-refractivity contribution < 1.29 is 4.79 Å². The van der Waals surface area contributed by atoms with Crippen LogP contribution in [-0.2, 0) is 4.79 Å². The number of amides is 1. The third-order valence-corrected chi connectivity index (χ3v) is 6.08. The fraction of sp³-hybridized carbons (Fsp3) is 0.364. The van der Waals surface area contributed by atoms with Crippen LogP contribution in [0.2, 0.25) is 0 Å². The molecule has 0 unspecified atom stereocenters. The Morgan fingerprint density at radius 1 is 1.11 bits per heavy atom. The van der Waals surface area contributed by atoms with Crippen LogP contribution in [-0.4, -0.2) is 41.2 Å². The molecule has 1 aliphatic rings. The molecule has 4 nitrogen and oxygen atoms in total. The first-order valence-electron chi connectivity index (χ1n) is 9.65. The van der Waals surface area contributed by atoms with Crippen molar-refractivity contribution in [3.8, 4) is 0 Å². The Hall–Kier alpha value is -1.50. The lowest BCUT2D eigenvalue weighted by Crippen LogP contribution is -2.32. The summed E-state index contributed by atoms with van der Waals surface area (Å²) in [6.07, 6.45) is 1.19. The van der Waals surface area contributed by atoms with E-state index in [9.17, 15) is 4.79 Å². The van der Waals surface area contributed by atoms with Crippen molar-refractivity contribution in [3.05, 3.63) is 68.6 Å². The van der Waals surface area contributed by atoms with Gasteiger partial charge >= 0.3 is 0 Å². The minimum Gasteiger partial charge on any atom is -0.303 e. The minimum absolute atomic E-state index is 0.0712. The second-order valence-electron chi connectivity index (χ2n) is 6.85. The van der Waals surface area contributed by atoms with Gasteiger partial charge in [-0.1, -0.05) is 70.0 Å². The maximum absolute atomic E-state index is 13.1. The number of hydrogen-bond acceptors (Lipinski definition) is 3. The highest BCUT2D eigenvalue weighted by molar-refractivity contribution is 9.10. The molecule has 1 amide bonds. The average molecular weight is 507 g/mol. The number of carbonyl (C=O) groups is 1. The van der Waals surface area contributed by atoms with E-state index in [1.165, 1.54) is 0 Å². The topological polar surface area (TPSA) is 35.9 Å². The number of halogens is 2. The molecule has 0 saturated carbocycles. The van der Waals surface area contributed by atoms with Gasteiger partial charge in [-0.2, -0.15) is 5.10 Å². The Kier molecular flexibility index (Phi) is 7.43. The van der Waals surface area contributed by atoms with Gasteiger partial charge in [-0.05, 0) is 48.5 Å². The van der Waals surface area contributed by atoms with Gasteiger partial charge < -0.3 is 4.90 Å². The summed E-state index contributed by atoms with van der Waals surface area (Å²) in [4.78, 5) is 15.3. The van der Waals surface area contributed by atoms with Gasteiger partial charge in [-0.15, -0.1) is 0 Å². The standard InChI is InChI=1S/C22H25Br2N3O/c1-3-26(4-2)12-11-22(28)27-21(17-8-6-10-19(24)14-17)15-20(25-27)16-7-5-9-18(23)13-16/h5-10,13-14,21H,3-4,11-12,15H2,1-2H3/t21-/m0/s1. The third-order valence-electron chi connectivity index (χ3n) is 5.09. The molecule has 0 N–H and O–H groups in total. The first-order valence-corrected chi connectivity index (χ1v) is 11.2. The summed E-state index contributed by atoms with van der Waals surface area (Å²) in [6.45, 7) is 6.90. The normalized spacial score (nSPS) is 16.5. The van der Waals surface area contributed by atoms with E-state index in [0.29, 0.717) is 12.8 Å². The van der Waals surface area contributed by atoms with Crippen molar-refractivity contribution in [1.29, 1.82) is 0 Å². The largest absolute Gasteiger partial charge is 0.303 e. The zero-order valence-electron chi connectivity index (χ0n) is 16.2. The van der Waals surface area contributed by atoms with Crippen LogP contribution >= 0.6 is 31.9 Å². The summed E-state index contributed by atoms with van der Waals surface area (Å²) in [5.41, 5.74) is 3.09. The zero-order valence-corrected chi connectivity index (χ0v) is 19.4. The fourth-order valence-corrected chi connectivity index (χ4v) is 4.28. The van der Waals surface area contributed by atoms with E-state index in [0.717, 1.165) is 45.4 Å². The van der Waals surface area contributed by atoms with Crippen LogP contribution < -0.4 is 0 Å². The monoisotopic (exact) mass is 505 g/mol. The molecule has 0 aliphatic carbocycles. The summed E-state index contributed by atoms with van der Waals surface area (Å²) in [6, 6.07) is 16.2. The summed E-state index contributed by atoms with van der Waals surface area (Å²) < 4.78 is 2.02. The molecule has 0 aromatic heterocycles. The lowest BCUT2D eigenvalue weighted by molar-refractivity contribution is -0.133. The molecule has 0 radical (unpaired) electrons. The lowest BCUT2D eigenvalue weighted by Gasteiger charge is -2.24. The van der Waals surface area contributed by atoms with Crippen molar-refractivity contribution in [2.75, 3.05) is 19.6 Å². The number of hydrazone groups is 1. The first-order chi connectivity index (χ1) is 13.5. The lowest BCUT2D eigenvalue weighted by atomic mass is 9.98. The van der Waals surface area contributed by atoms with Gasteiger partial charge in [-0.25, -0.2) is 5.01 Å². The summed E-state index contributed by atoms with van der Waals surface area (Å²) >= 11 is 7.08. The van der Waals surface area contributed by atoms with Gasteiger partial charge in [0.15, 0.2) is 0 Å². The fourth-order valence-electron chi connectivity index (χ4n) is 3.46. The molecule has 1 heterocycles. The molecule has 6 heteroatoms. The highest BCUT2D eigenvalue weighted by Gasteiger charge is 2.33. The van der Waals surface area contributed by atoms with Crippen LogP contribution in [0.5, 0.6) is 0 Å². The van der Waals surface area contributed by atoms with Crippen molar-refractivity contribution in [3.63, 3.8) is 0 Å². The molecule has 0 spiro atoms. The molecule has 2 aromatic carbocycles. The van der Waals surface area contributed by atoms with Crippen LogP contribution in [0.15, 0.2) is 62.6 Å². The maximum atomic E-state index is 13.1. The quantitative estimate of drug-likeness (QED) is 0.488. The molecule has 148 valence electrons. The number of benzene rings is 2. The van der Waals surface area contributed by atoms with Crippen LogP contribution in [0.1, 0.15) is 43.9 Å². The molecule has 0 bridgehead atoms. The van der Waals surface area contributed by atoms with Gasteiger partial charge in [0.2, 0.25) is 5.91 Å². The van der Waals surface area contributed by atoms with Gasteiger partial charge in [-0.3, -0.25) is 4.79 Å². The summed E-state index contributed by atoms with van der Waals surface area (Å²) in [7, 11) is 0. The van der Waals surface area contributed by atoms with Crippen LogP contribution in [0, 0.1) is 0 Å². The predicted octanol–water partition coefficient (Wildman–Crippen LogP) is 5.62. The average Bonchev–Trinajstić information content (AvgIpc) is 3.14. The number of rotatable bonds is 7. The van der Waals surface area contributed by atoms with Crippen LogP contribution in [0.3, 0.4) is 0 Å². The molecular formula is C22H25Br2N3O. The number of carbonyl (C=O) groups excluding carboxylic acids is 1. The van der Waals surface area contributed by atoms with Crippen molar-refractivity contribution in [2.24, 2.45) is 5.10 Å². The molecule has 28 heavy (non-hydrogen) atoms. The van der Waals surface area contributed by atoms with E-state index < -0.39 is 0 Å². The SMILES string of the molecule is CCN(CC)CCC(=O)N1N=C(c2cccc(Br)c2)C[C@H]1c1cccc(Br)c1. The maximum Gasteiger partial charge on any atom is 0.244 e. The van der Waals surface area contributed by atoms with Gasteiger partial charge in [0.1, 0.15) is 0 Å². The Morgan fingerprint density at radius 3 is 2.43 bits per heavy atom. The Labute approximate surface area is 183 Å². The Morgan fingerprint density at radius 2 is 1.79 bits per heavy atom. The van der Waals surface area contributed by atoms with Crippen LogP contribution in [0.25, 0.3) is 0 Å². The summed E-state index contributed by atoms with van der Waals surface area (Å²) in [5, 5.41) is 6.46. The zero-order chi connectivity index (χ0) is 20.1. The van der Waals surface area contributed by atoms with Gasteiger partial charge in [0, 0.05) is 28.3 Å². The second-order valence-corrected chi connectivity index (χ2v) is 8.68. The summed E-state index contributed by atoms with van der Waals surface area (Å²) in [5.74, 6) is 0.0712. The Balaban J connectivity index is 1.87. The molecule has 2 aromatic rings. The molecule has 1 atom stereocenters. The van der Waals surface area contributed by atoms with Gasteiger partial charge in [0.05, 0.1) is 11.8 Å². The molecule has 0 saturated heterocycles. The van der Waals surface area contributed by atoms with E-state index in [1.54, 1.807) is 5.01 Å². The van der Waals surface area contributed by atoms with E-state index >= 15 is 0 Å². The minimum atomic E-state index is -0.0734. The molecular weight excluding hydrogens is 482 g/mol. The van der Waals surface area contributed by atoms with Crippen molar-refractivity contribution in [2.45, 2.75) is 32.7 Å².